The Labute approximate surface area is 101 Å². The van der Waals surface area contributed by atoms with Crippen LogP contribution in [0.4, 0.5) is 0 Å². The molecule has 2 N–H and O–H groups in total. The minimum absolute atomic E-state index is 0.0292. The van der Waals surface area contributed by atoms with E-state index in [1.807, 2.05) is 35.7 Å². The predicted molar refractivity (Wildman–Crippen MR) is 66.5 cm³/mol. The molecule has 5 heteroatoms. The van der Waals surface area contributed by atoms with Gasteiger partial charge in [0.2, 0.25) is 0 Å². The fourth-order valence-corrected chi connectivity index (χ4v) is 1.76. The summed E-state index contributed by atoms with van der Waals surface area (Å²) in [5.74, 6) is 0. The van der Waals surface area contributed by atoms with E-state index < -0.39 is 0 Å². The molecule has 0 radical (unpaired) electrons. The molecule has 2 aromatic heterocycles. The lowest BCUT2D eigenvalue weighted by Gasteiger charge is -2.02. The summed E-state index contributed by atoms with van der Waals surface area (Å²) in [6, 6.07) is 2.15. The highest BCUT2D eigenvalue weighted by atomic mass is 15.3. The van der Waals surface area contributed by atoms with Gasteiger partial charge in [-0.25, -0.2) is 0 Å². The van der Waals surface area contributed by atoms with E-state index in [4.69, 9.17) is 5.73 Å². The van der Waals surface area contributed by atoms with Gasteiger partial charge in [-0.3, -0.25) is 9.36 Å². The third-order valence-electron chi connectivity index (χ3n) is 2.89. The van der Waals surface area contributed by atoms with Gasteiger partial charge in [-0.15, -0.1) is 0 Å². The Morgan fingerprint density at radius 2 is 2.24 bits per heavy atom. The lowest BCUT2D eigenvalue weighted by molar-refractivity contribution is 0.616. The van der Waals surface area contributed by atoms with Crippen molar-refractivity contribution in [3.8, 4) is 0 Å². The van der Waals surface area contributed by atoms with Gasteiger partial charge in [0.25, 0.3) is 0 Å². The number of hydrogen-bond acceptors (Lipinski definition) is 3. The Bertz CT molecular complexity index is 495. The van der Waals surface area contributed by atoms with Crippen LogP contribution in [0.15, 0.2) is 18.5 Å². The molecule has 0 fully saturated rings. The largest absolute Gasteiger partial charge is 0.324 e. The van der Waals surface area contributed by atoms with Crippen LogP contribution in [0.1, 0.15) is 36.8 Å². The van der Waals surface area contributed by atoms with E-state index in [1.165, 1.54) is 0 Å². The van der Waals surface area contributed by atoms with Crippen LogP contribution in [0.2, 0.25) is 0 Å². The van der Waals surface area contributed by atoms with Gasteiger partial charge in [0.15, 0.2) is 0 Å². The Morgan fingerprint density at radius 1 is 1.47 bits per heavy atom. The summed E-state index contributed by atoms with van der Waals surface area (Å²) in [5.41, 5.74) is 9.13. The fourth-order valence-electron chi connectivity index (χ4n) is 1.76. The average molecular weight is 233 g/mol. The topological polar surface area (TPSA) is 61.7 Å². The van der Waals surface area contributed by atoms with Crippen molar-refractivity contribution in [3.63, 3.8) is 0 Å². The number of aromatic nitrogens is 4. The van der Waals surface area contributed by atoms with Gasteiger partial charge in [-0.1, -0.05) is 6.92 Å². The summed E-state index contributed by atoms with van der Waals surface area (Å²) in [6.07, 6.45) is 4.77. The first-order valence-corrected chi connectivity index (χ1v) is 5.90. The second kappa shape index (κ2) is 4.71. The van der Waals surface area contributed by atoms with Gasteiger partial charge in [-0.2, -0.15) is 10.2 Å². The monoisotopic (exact) mass is 233 g/mol. The summed E-state index contributed by atoms with van der Waals surface area (Å²) in [7, 11) is 1.96. The number of hydrogen-bond donors (Lipinski definition) is 1. The lowest BCUT2D eigenvalue weighted by Crippen LogP contribution is -2.06. The van der Waals surface area contributed by atoms with Gasteiger partial charge in [0, 0.05) is 24.8 Å². The Morgan fingerprint density at radius 3 is 2.76 bits per heavy atom. The summed E-state index contributed by atoms with van der Waals surface area (Å²) in [6.45, 7) is 4.80. The number of aryl methyl sites for hydroxylation is 2. The molecule has 0 aliphatic heterocycles. The van der Waals surface area contributed by atoms with E-state index in [1.54, 1.807) is 0 Å². The minimum atomic E-state index is 0.0292. The van der Waals surface area contributed by atoms with Crippen molar-refractivity contribution in [1.82, 2.24) is 19.6 Å². The fraction of sp³-hybridized carbons (Fsp3) is 0.500. The van der Waals surface area contributed by atoms with Crippen molar-refractivity contribution in [2.45, 2.75) is 32.9 Å². The molecule has 0 amide bonds. The molecule has 1 unspecified atom stereocenters. The smallest absolute Gasteiger partial charge is 0.0828 e. The Kier molecular flexibility index (Phi) is 3.28. The zero-order valence-corrected chi connectivity index (χ0v) is 10.6. The van der Waals surface area contributed by atoms with Crippen molar-refractivity contribution < 1.29 is 0 Å². The molecule has 0 aliphatic rings. The molecule has 0 bridgehead atoms. The first kappa shape index (κ1) is 11.9. The maximum absolute atomic E-state index is 5.81. The van der Waals surface area contributed by atoms with Crippen LogP contribution in [-0.4, -0.2) is 19.6 Å². The van der Waals surface area contributed by atoms with Gasteiger partial charge >= 0.3 is 0 Å². The quantitative estimate of drug-likeness (QED) is 0.864. The van der Waals surface area contributed by atoms with E-state index in [2.05, 4.69) is 23.2 Å². The van der Waals surface area contributed by atoms with Crippen molar-refractivity contribution in [2.24, 2.45) is 12.8 Å². The Hall–Kier alpha value is -1.62. The maximum atomic E-state index is 5.81. The average Bonchev–Trinajstić information content (AvgIpc) is 2.87. The van der Waals surface area contributed by atoms with Gasteiger partial charge in [-0.05, 0) is 19.4 Å². The molecule has 2 aromatic rings. The van der Waals surface area contributed by atoms with Gasteiger partial charge in [0.05, 0.1) is 24.1 Å². The molecule has 2 heterocycles. The van der Waals surface area contributed by atoms with Crippen LogP contribution in [0, 0.1) is 0 Å². The third kappa shape index (κ3) is 2.55. The molecule has 0 saturated carbocycles. The number of nitrogens with zero attached hydrogens (tertiary/aromatic N) is 4. The van der Waals surface area contributed by atoms with Crippen LogP contribution >= 0.6 is 0 Å². The zero-order chi connectivity index (χ0) is 12.4. The highest BCUT2D eigenvalue weighted by molar-refractivity contribution is 5.13. The highest BCUT2D eigenvalue weighted by Crippen LogP contribution is 2.10. The number of nitrogens with two attached hydrogens (primary N) is 1. The molecule has 0 aromatic carbocycles. The molecule has 0 saturated heterocycles. The number of rotatable bonds is 4. The maximum Gasteiger partial charge on any atom is 0.0828 e. The van der Waals surface area contributed by atoms with E-state index >= 15 is 0 Å². The molecule has 1 atom stereocenters. The van der Waals surface area contributed by atoms with Crippen molar-refractivity contribution in [3.05, 3.63) is 35.4 Å². The predicted octanol–water partition coefficient (Wildman–Crippen LogP) is 1.25. The normalized spacial score (nSPS) is 12.9. The highest BCUT2D eigenvalue weighted by Gasteiger charge is 2.07. The second-order valence-corrected chi connectivity index (χ2v) is 4.36. The van der Waals surface area contributed by atoms with Crippen molar-refractivity contribution in [2.75, 3.05) is 0 Å². The SMILES string of the molecule is CCc1cc(Cn2cc(C(C)N)cn2)n(C)n1. The first-order valence-electron chi connectivity index (χ1n) is 5.90. The van der Waals surface area contributed by atoms with Crippen molar-refractivity contribution in [1.29, 1.82) is 0 Å². The van der Waals surface area contributed by atoms with Gasteiger partial charge < -0.3 is 5.73 Å². The molecule has 2 rings (SSSR count). The molecule has 17 heavy (non-hydrogen) atoms. The molecule has 92 valence electrons. The molecular weight excluding hydrogens is 214 g/mol. The van der Waals surface area contributed by atoms with E-state index in [9.17, 15) is 0 Å². The van der Waals surface area contributed by atoms with Crippen LogP contribution in [0.5, 0.6) is 0 Å². The van der Waals surface area contributed by atoms with Crippen LogP contribution in [0.3, 0.4) is 0 Å². The molecular formula is C12H19N5. The zero-order valence-electron chi connectivity index (χ0n) is 10.6. The Balaban J connectivity index is 2.16. The lowest BCUT2D eigenvalue weighted by atomic mass is 10.2. The summed E-state index contributed by atoms with van der Waals surface area (Å²) < 4.78 is 3.81. The second-order valence-electron chi connectivity index (χ2n) is 4.36. The minimum Gasteiger partial charge on any atom is -0.324 e. The van der Waals surface area contributed by atoms with Crippen LogP contribution in [0.25, 0.3) is 0 Å². The molecule has 5 nitrogen and oxygen atoms in total. The van der Waals surface area contributed by atoms with Crippen LogP contribution in [-0.2, 0) is 20.0 Å². The first-order chi connectivity index (χ1) is 8.10. The van der Waals surface area contributed by atoms with Gasteiger partial charge in [0.1, 0.15) is 0 Å². The molecule has 0 aliphatic carbocycles. The van der Waals surface area contributed by atoms with Crippen LogP contribution < -0.4 is 5.73 Å². The summed E-state index contributed by atoms with van der Waals surface area (Å²) >= 11 is 0. The summed E-state index contributed by atoms with van der Waals surface area (Å²) in [4.78, 5) is 0. The van der Waals surface area contributed by atoms with Crippen molar-refractivity contribution >= 4 is 0 Å². The third-order valence-corrected chi connectivity index (χ3v) is 2.89. The summed E-state index contributed by atoms with van der Waals surface area (Å²) in [5, 5.41) is 8.72. The van der Waals surface area contributed by atoms with E-state index in [0.29, 0.717) is 0 Å². The molecule has 0 spiro atoms. The van der Waals surface area contributed by atoms with E-state index in [-0.39, 0.29) is 6.04 Å². The van der Waals surface area contributed by atoms with E-state index in [0.717, 1.165) is 29.9 Å². The standard InChI is InChI=1S/C12H19N5/c1-4-11-5-12(16(3)15-11)8-17-7-10(6-14-17)9(2)13/h5-7,9H,4,8,13H2,1-3H3.